The Kier molecular flexibility index (Phi) is 10.8. The molecule has 0 fully saturated rings. The van der Waals surface area contributed by atoms with Crippen LogP contribution in [0.3, 0.4) is 0 Å². The van der Waals surface area contributed by atoms with Gasteiger partial charge in [-0.2, -0.15) is 0 Å². The lowest BCUT2D eigenvalue weighted by Crippen LogP contribution is -2.49. The standard InChI is InChI=1S/C29H39FN6O5/c1-5-35(6-2)14-13-32-26(37)25-17(3)23(33-18(25)4)16-21-20-15-19(30)10-11-24(20)36(27(21)38)29(41)34-22(28(39)40)9-7-8-12-31/h10-11,15-16,22,33H,5-9,12-14,31H2,1-4H3,(H,32,37)(H,34,41)(H,39,40)/b21-16-. The summed E-state index contributed by atoms with van der Waals surface area (Å²) >= 11 is 0. The van der Waals surface area contributed by atoms with E-state index in [1.165, 1.54) is 12.1 Å². The van der Waals surface area contributed by atoms with Crippen LogP contribution in [0.25, 0.3) is 11.6 Å². The number of aryl methyl sites for hydroxylation is 1. The van der Waals surface area contributed by atoms with Crippen LogP contribution in [0, 0.1) is 19.7 Å². The van der Waals surface area contributed by atoms with Gasteiger partial charge in [-0.15, -0.1) is 0 Å². The topological polar surface area (TPSA) is 161 Å². The van der Waals surface area contributed by atoms with Crippen molar-refractivity contribution in [3.05, 3.63) is 52.1 Å². The van der Waals surface area contributed by atoms with E-state index in [-0.39, 0.29) is 29.2 Å². The number of carboxylic acid groups (broad SMARTS) is 1. The molecular formula is C29H39FN6O5. The van der Waals surface area contributed by atoms with Crippen molar-refractivity contribution >= 4 is 41.2 Å². The molecule has 0 spiro atoms. The third kappa shape index (κ3) is 7.19. The van der Waals surface area contributed by atoms with Crippen molar-refractivity contribution in [1.82, 2.24) is 20.5 Å². The molecule has 4 amide bonds. The Morgan fingerprint density at radius 2 is 1.90 bits per heavy atom. The summed E-state index contributed by atoms with van der Waals surface area (Å²) < 4.78 is 14.3. The Balaban J connectivity index is 1.90. The molecule has 0 saturated carbocycles. The molecule has 0 aliphatic carbocycles. The number of unbranched alkanes of at least 4 members (excludes halogenated alkanes) is 1. The summed E-state index contributed by atoms with van der Waals surface area (Å²) in [5.41, 5.74) is 7.91. The number of fused-ring (bicyclic) bond motifs is 1. The Bertz CT molecular complexity index is 1330. The molecular weight excluding hydrogens is 531 g/mol. The van der Waals surface area contributed by atoms with Gasteiger partial charge < -0.3 is 31.4 Å². The molecule has 6 N–H and O–H groups in total. The highest BCUT2D eigenvalue weighted by Crippen LogP contribution is 2.39. The van der Waals surface area contributed by atoms with E-state index in [9.17, 15) is 28.7 Å². The SMILES string of the molecule is CCN(CC)CCNC(=O)c1c(C)[nH]c(/C=C2\C(=O)N(C(=O)NC(CCCCN)C(=O)O)c3ccc(F)cc32)c1C. The summed E-state index contributed by atoms with van der Waals surface area (Å²) in [6.07, 6.45) is 2.69. The number of aromatic amines is 1. The second kappa shape index (κ2) is 14.0. The van der Waals surface area contributed by atoms with Crippen molar-refractivity contribution in [3.8, 4) is 0 Å². The van der Waals surface area contributed by atoms with E-state index < -0.39 is 29.8 Å². The predicted octanol–water partition coefficient (Wildman–Crippen LogP) is 3.02. The van der Waals surface area contributed by atoms with Crippen LogP contribution in [-0.4, -0.2) is 77.6 Å². The molecule has 2 heterocycles. The van der Waals surface area contributed by atoms with Gasteiger partial charge in [0.25, 0.3) is 11.8 Å². The number of carbonyl (C=O) groups is 4. The normalized spacial score (nSPS) is 14.5. The summed E-state index contributed by atoms with van der Waals surface area (Å²) in [5.74, 6) is -2.85. The summed E-state index contributed by atoms with van der Waals surface area (Å²) in [7, 11) is 0. The van der Waals surface area contributed by atoms with E-state index in [0.717, 1.165) is 30.1 Å². The fraction of sp³-hybridized carbons (Fsp3) is 0.448. The number of aliphatic carboxylic acids is 1. The van der Waals surface area contributed by atoms with Crippen LogP contribution in [-0.2, 0) is 9.59 Å². The number of aromatic nitrogens is 1. The van der Waals surface area contributed by atoms with Gasteiger partial charge in [-0.05, 0) is 82.6 Å². The first-order chi connectivity index (χ1) is 19.5. The number of anilines is 1. The second-order valence-electron chi connectivity index (χ2n) is 9.93. The van der Waals surface area contributed by atoms with Crippen LogP contribution in [0.15, 0.2) is 18.2 Å². The maximum Gasteiger partial charge on any atom is 0.329 e. The molecule has 41 heavy (non-hydrogen) atoms. The number of halogens is 1. The number of rotatable bonds is 13. The molecule has 3 rings (SSSR count). The van der Waals surface area contributed by atoms with Gasteiger partial charge in [-0.1, -0.05) is 13.8 Å². The lowest BCUT2D eigenvalue weighted by molar-refractivity contribution is -0.139. The zero-order valence-corrected chi connectivity index (χ0v) is 24.0. The van der Waals surface area contributed by atoms with E-state index in [1.807, 2.05) is 0 Å². The number of hydrogen-bond acceptors (Lipinski definition) is 6. The van der Waals surface area contributed by atoms with Gasteiger partial charge in [0.05, 0.1) is 16.8 Å². The summed E-state index contributed by atoms with van der Waals surface area (Å²) in [4.78, 5) is 57.6. The number of hydrogen-bond donors (Lipinski definition) is 5. The average molecular weight is 571 g/mol. The number of nitrogens with two attached hydrogens (primary N) is 1. The number of carbonyl (C=O) groups excluding carboxylic acids is 3. The highest BCUT2D eigenvalue weighted by molar-refractivity contribution is 6.42. The number of likely N-dealkylation sites (N-methyl/N-ethyl adjacent to an activating group) is 1. The Hall–Kier alpha value is -4.03. The lowest BCUT2D eigenvalue weighted by Gasteiger charge is -2.20. The van der Waals surface area contributed by atoms with Crippen LogP contribution in [0.5, 0.6) is 0 Å². The van der Waals surface area contributed by atoms with Crippen LogP contribution in [0.4, 0.5) is 14.9 Å². The molecule has 0 bridgehead atoms. The predicted molar refractivity (Wildman–Crippen MR) is 155 cm³/mol. The Labute approximate surface area is 239 Å². The molecule has 222 valence electrons. The monoisotopic (exact) mass is 570 g/mol. The molecule has 1 aliphatic heterocycles. The summed E-state index contributed by atoms with van der Waals surface area (Å²) in [5, 5.41) is 14.9. The third-order valence-corrected chi connectivity index (χ3v) is 7.27. The molecule has 1 aromatic heterocycles. The summed E-state index contributed by atoms with van der Waals surface area (Å²) in [6, 6.07) is 1.41. The first kappa shape index (κ1) is 31.5. The van der Waals surface area contributed by atoms with Crippen molar-refractivity contribution in [2.45, 2.75) is 53.0 Å². The van der Waals surface area contributed by atoms with Crippen molar-refractivity contribution in [2.24, 2.45) is 5.73 Å². The number of nitrogens with one attached hydrogen (secondary N) is 3. The minimum absolute atomic E-state index is 0.0301. The number of imide groups is 1. The van der Waals surface area contributed by atoms with E-state index >= 15 is 0 Å². The number of urea groups is 1. The fourth-order valence-corrected chi connectivity index (χ4v) is 4.93. The van der Waals surface area contributed by atoms with Crippen molar-refractivity contribution in [1.29, 1.82) is 0 Å². The molecule has 11 nitrogen and oxygen atoms in total. The van der Waals surface area contributed by atoms with E-state index in [0.29, 0.717) is 55.0 Å². The summed E-state index contributed by atoms with van der Waals surface area (Å²) in [6.45, 7) is 10.9. The molecule has 0 radical (unpaired) electrons. The number of H-pyrrole nitrogens is 1. The fourth-order valence-electron chi connectivity index (χ4n) is 4.93. The van der Waals surface area contributed by atoms with Gasteiger partial charge in [-0.25, -0.2) is 18.9 Å². The lowest BCUT2D eigenvalue weighted by atomic mass is 10.0. The van der Waals surface area contributed by atoms with Crippen molar-refractivity contribution in [2.75, 3.05) is 37.6 Å². The van der Waals surface area contributed by atoms with Gasteiger partial charge in [0.15, 0.2) is 0 Å². The van der Waals surface area contributed by atoms with Gasteiger partial charge >= 0.3 is 12.0 Å². The van der Waals surface area contributed by atoms with Gasteiger partial charge in [0.2, 0.25) is 0 Å². The van der Waals surface area contributed by atoms with Gasteiger partial charge in [0, 0.05) is 30.0 Å². The average Bonchev–Trinajstić information content (AvgIpc) is 3.36. The molecule has 1 aliphatic rings. The zero-order chi connectivity index (χ0) is 30.3. The van der Waals surface area contributed by atoms with Crippen LogP contribution in [0.2, 0.25) is 0 Å². The van der Waals surface area contributed by atoms with Crippen LogP contribution >= 0.6 is 0 Å². The second-order valence-corrected chi connectivity index (χ2v) is 9.93. The highest BCUT2D eigenvalue weighted by Gasteiger charge is 2.38. The number of carboxylic acids is 1. The zero-order valence-electron chi connectivity index (χ0n) is 24.0. The Morgan fingerprint density at radius 1 is 1.20 bits per heavy atom. The van der Waals surface area contributed by atoms with E-state index in [1.54, 1.807) is 13.8 Å². The first-order valence-corrected chi connectivity index (χ1v) is 13.8. The van der Waals surface area contributed by atoms with Crippen molar-refractivity contribution in [3.63, 3.8) is 0 Å². The molecule has 2 aromatic rings. The third-order valence-electron chi connectivity index (χ3n) is 7.27. The number of amides is 4. The van der Waals surface area contributed by atoms with E-state index in [2.05, 4.69) is 34.4 Å². The van der Waals surface area contributed by atoms with Gasteiger partial charge in [0.1, 0.15) is 11.9 Å². The smallest absolute Gasteiger partial charge is 0.329 e. The van der Waals surface area contributed by atoms with Crippen molar-refractivity contribution < 1.29 is 28.7 Å². The molecule has 0 saturated heterocycles. The maximum atomic E-state index is 14.3. The maximum absolute atomic E-state index is 14.3. The minimum atomic E-state index is -1.24. The first-order valence-electron chi connectivity index (χ1n) is 13.8. The Morgan fingerprint density at radius 3 is 2.54 bits per heavy atom. The minimum Gasteiger partial charge on any atom is -0.480 e. The number of nitrogens with zero attached hydrogens (tertiary/aromatic N) is 2. The molecule has 1 aromatic carbocycles. The van der Waals surface area contributed by atoms with Crippen LogP contribution < -0.4 is 21.3 Å². The quantitative estimate of drug-likeness (QED) is 0.183. The van der Waals surface area contributed by atoms with Crippen LogP contribution in [0.1, 0.15) is 66.0 Å². The molecule has 12 heteroatoms. The highest BCUT2D eigenvalue weighted by atomic mass is 19.1. The van der Waals surface area contributed by atoms with E-state index in [4.69, 9.17) is 5.73 Å². The molecule has 1 unspecified atom stereocenters. The van der Waals surface area contributed by atoms with Gasteiger partial charge in [-0.3, -0.25) is 9.59 Å². The number of benzene rings is 1. The molecule has 1 atom stereocenters. The largest absolute Gasteiger partial charge is 0.480 e.